The minimum absolute atomic E-state index is 0.157. The lowest BCUT2D eigenvalue weighted by atomic mass is 10.1. The highest BCUT2D eigenvalue weighted by Gasteiger charge is 2.29. The van der Waals surface area contributed by atoms with E-state index in [-0.39, 0.29) is 18.7 Å². The summed E-state index contributed by atoms with van der Waals surface area (Å²) in [5.74, 6) is -4.14. The van der Waals surface area contributed by atoms with Gasteiger partial charge in [0.15, 0.2) is 0 Å². The summed E-state index contributed by atoms with van der Waals surface area (Å²) in [5.41, 5.74) is 0.914. The summed E-state index contributed by atoms with van der Waals surface area (Å²) in [7, 11) is 1.25. The van der Waals surface area contributed by atoms with Gasteiger partial charge in [-0.1, -0.05) is 12.1 Å². The molecule has 0 saturated heterocycles. The number of carbonyl (C=O) groups excluding carboxylic acids is 1. The van der Waals surface area contributed by atoms with E-state index in [2.05, 4.69) is 10.6 Å². The Balaban J connectivity index is 2.45. The zero-order valence-electron chi connectivity index (χ0n) is 17.2. The molecule has 0 saturated carbocycles. The van der Waals surface area contributed by atoms with E-state index in [1.807, 2.05) is 0 Å². The third-order valence-corrected chi connectivity index (χ3v) is 4.64. The van der Waals surface area contributed by atoms with Crippen molar-refractivity contribution < 1.29 is 38.9 Å². The average Bonchev–Trinajstić information content (AvgIpc) is 2.70. The molecule has 0 spiro atoms. The summed E-state index contributed by atoms with van der Waals surface area (Å²) in [6, 6.07) is 2.56. The fourth-order valence-electron chi connectivity index (χ4n) is 2.82. The molecule has 0 radical (unpaired) electrons. The van der Waals surface area contributed by atoms with Crippen LogP contribution in [-0.4, -0.2) is 69.8 Å². The van der Waals surface area contributed by atoms with E-state index < -0.39 is 42.4 Å². The normalized spacial score (nSPS) is 12.6. The number of likely N-dealkylation sites (N-methyl/N-ethyl adjacent to an activating group) is 1. The molecule has 2 amide bonds. The standard InChI is InChI=1S/C20H28FN3O7/c1-24(20(31)23-15(18(27)28)9-10-17(25)26)16(19(29)30)4-2-3-11-22-12-13-5-7-14(21)8-6-13/h5-8,15-16,22H,2-4,9-12H2,1H3,(H,23,31)(H,25,26)(H,27,28)(H,29,30). The van der Waals surface area contributed by atoms with Gasteiger partial charge in [0.25, 0.3) is 0 Å². The van der Waals surface area contributed by atoms with Crippen LogP contribution in [0.4, 0.5) is 9.18 Å². The number of unbranched alkanes of at least 4 members (excludes halogenated alkanes) is 1. The summed E-state index contributed by atoms with van der Waals surface area (Å²) in [6.07, 6.45) is 0.517. The first-order valence-electron chi connectivity index (χ1n) is 9.77. The van der Waals surface area contributed by atoms with Crippen LogP contribution in [0.5, 0.6) is 0 Å². The van der Waals surface area contributed by atoms with Gasteiger partial charge in [0.2, 0.25) is 0 Å². The molecule has 1 aromatic rings. The van der Waals surface area contributed by atoms with Crippen LogP contribution in [0.15, 0.2) is 24.3 Å². The van der Waals surface area contributed by atoms with Crippen molar-refractivity contribution in [3.05, 3.63) is 35.6 Å². The summed E-state index contributed by atoms with van der Waals surface area (Å²) < 4.78 is 12.9. The second-order valence-corrected chi connectivity index (χ2v) is 7.04. The predicted octanol–water partition coefficient (Wildman–Crippen LogP) is 1.50. The van der Waals surface area contributed by atoms with Gasteiger partial charge < -0.3 is 30.9 Å². The highest BCUT2D eigenvalue weighted by atomic mass is 19.1. The van der Waals surface area contributed by atoms with Crippen molar-refractivity contribution in [2.45, 2.75) is 50.7 Å². The smallest absolute Gasteiger partial charge is 0.326 e. The Morgan fingerprint density at radius 3 is 2.19 bits per heavy atom. The second kappa shape index (κ2) is 13.2. The molecular weight excluding hydrogens is 413 g/mol. The number of hydrogen-bond donors (Lipinski definition) is 5. The molecule has 0 aliphatic heterocycles. The van der Waals surface area contributed by atoms with Crippen LogP contribution in [-0.2, 0) is 20.9 Å². The lowest BCUT2D eigenvalue weighted by Gasteiger charge is -2.26. The molecule has 31 heavy (non-hydrogen) atoms. The largest absolute Gasteiger partial charge is 0.481 e. The maximum atomic E-state index is 12.9. The Morgan fingerprint density at radius 2 is 1.65 bits per heavy atom. The van der Waals surface area contributed by atoms with Gasteiger partial charge in [-0.25, -0.2) is 18.8 Å². The molecule has 172 valence electrons. The number of rotatable bonds is 14. The Bertz CT molecular complexity index is 758. The SMILES string of the molecule is CN(C(=O)NC(CCC(=O)O)C(=O)O)C(CCCCNCc1ccc(F)cc1)C(=O)O. The number of halogens is 1. The summed E-state index contributed by atoms with van der Waals surface area (Å²) in [6.45, 7) is 1.13. The molecule has 1 rings (SSSR count). The zero-order valence-corrected chi connectivity index (χ0v) is 17.2. The second-order valence-electron chi connectivity index (χ2n) is 7.04. The number of carboxylic acids is 3. The number of carbonyl (C=O) groups is 4. The maximum Gasteiger partial charge on any atom is 0.326 e. The van der Waals surface area contributed by atoms with E-state index >= 15 is 0 Å². The molecule has 1 aromatic carbocycles. The molecule has 0 aliphatic carbocycles. The number of carboxylic acid groups (broad SMARTS) is 3. The Kier molecular flexibility index (Phi) is 11.0. The van der Waals surface area contributed by atoms with Gasteiger partial charge in [-0.15, -0.1) is 0 Å². The van der Waals surface area contributed by atoms with Crippen molar-refractivity contribution in [2.24, 2.45) is 0 Å². The molecule has 5 N–H and O–H groups in total. The monoisotopic (exact) mass is 441 g/mol. The average molecular weight is 441 g/mol. The first kappa shape index (κ1) is 25.8. The quantitative estimate of drug-likeness (QED) is 0.272. The number of urea groups is 1. The van der Waals surface area contributed by atoms with E-state index in [9.17, 15) is 28.7 Å². The van der Waals surface area contributed by atoms with Crippen molar-refractivity contribution >= 4 is 23.9 Å². The van der Waals surface area contributed by atoms with Crippen LogP contribution in [0.2, 0.25) is 0 Å². The first-order chi connectivity index (χ1) is 14.6. The van der Waals surface area contributed by atoms with Crippen molar-refractivity contribution in [1.29, 1.82) is 0 Å². The molecule has 11 heteroatoms. The lowest BCUT2D eigenvalue weighted by Crippen LogP contribution is -2.52. The molecule has 2 atom stereocenters. The van der Waals surface area contributed by atoms with Crippen LogP contribution < -0.4 is 10.6 Å². The van der Waals surface area contributed by atoms with E-state index in [4.69, 9.17) is 10.2 Å². The van der Waals surface area contributed by atoms with E-state index in [0.717, 1.165) is 10.5 Å². The highest BCUT2D eigenvalue weighted by molar-refractivity contribution is 5.86. The van der Waals surface area contributed by atoms with Crippen LogP contribution in [0.3, 0.4) is 0 Å². The van der Waals surface area contributed by atoms with Gasteiger partial charge in [-0.3, -0.25) is 4.79 Å². The molecular formula is C20H28FN3O7. The molecule has 0 heterocycles. The van der Waals surface area contributed by atoms with Crippen molar-refractivity contribution in [3.63, 3.8) is 0 Å². The van der Waals surface area contributed by atoms with Crippen molar-refractivity contribution in [3.8, 4) is 0 Å². The van der Waals surface area contributed by atoms with Crippen LogP contribution in [0.25, 0.3) is 0 Å². The minimum Gasteiger partial charge on any atom is -0.481 e. The maximum absolute atomic E-state index is 12.9. The number of nitrogens with one attached hydrogen (secondary N) is 2. The number of hydrogen-bond acceptors (Lipinski definition) is 5. The lowest BCUT2D eigenvalue weighted by molar-refractivity contribution is -0.142. The fourth-order valence-corrected chi connectivity index (χ4v) is 2.82. The third-order valence-electron chi connectivity index (χ3n) is 4.64. The highest BCUT2D eigenvalue weighted by Crippen LogP contribution is 2.10. The van der Waals surface area contributed by atoms with Gasteiger partial charge >= 0.3 is 23.9 Å². The number of benzene rings is 1. The number of aliphatic carboxylic acids is 3. The number of nitrogens with zero attached hydrogens (tertiary/aromatic N) is 1. The topological polar surface area (TPSA) is 156 Å². The number of amides is 2. The van der Waals surface area contributed by atoms with Crippen LogP contribution in [0.1, 0.15) is 37.7 Å². The zero-order chi connectivity index (χ0) is 23.4. The molecule has 0 fully saturated rings. The fraction of sp³-hybridized carbons (Fsp3) is 0.500. The van der Waals surface area contributed by atoms with E-state index in [0.29, 0.717) is 25.9 Å². The van der Waals surface area contributed by atoms with E-state index in [1.54, 1.807) is 12.1 Å². The summed E-state index contributed by atoms with van der Waals surface area (Å²) in [4.78, 5) is 46.5. The van der Waals surface area contributed by atoms with Crippen molar-refractivity contribution in [2.75, 3.05) is 13.6 Å². The van der Waals surface area contributed by atoms with Gasteiger partial charge in [0, 0.05) is 20.0 Å². The van der Waals surface area contributed by atoms with Crippen molar-refractivity contribution in [1.82, 2.24) is 15.5 Å². The van der Waals surface area contributed by atoms with E-state index in [1.165, 1.54) is 19.2 Å². The van der Waals surface area contributed by atoms with Gasteiger partial charge in [0.05, 0.1) is 0 Å². The molecule has 0 bridgehead atoms. The molecule has 0 aliphatic rings. The summed E-state index contributed by atoms with van der Waals surface area (Å²) in [5, 5.41) is 32.5. The van der Waals surface area contributed by atoms with Gasteiger partial charge in [0.1, 0.15) is 17.9 Å². The first-order valence-corrected chi connectivity index (χ1v) is 9.77. The van der Waals surface area contributed by atoms with Crippen LogP contribution in [0, 0.1) is 5.82 Å². The Hall–Kier alpha value is -3.21. The third kappa shape index (κ3) is 9.90. The summed E-state index contributed by atoms with van der Waals surface area (Å²) >= 11 is 0. The molecule has 0 aromatic heterocycles. The Morgan fingerprint density at radius 1 is 1.00 bits per heavy atom. The molecule has 2 unspecified atom stereocenters. The predicted molar refractivity (Wildman–Crippen MR) is 108 cm³/mol. The van der Waals surface area contributed by atoms with Gasteiger partial charge in [-0.05, 0) is 49.9 Å². The Labute approximate surface area is 179 Å². The van der Waals surface area contributed by atoms with Crippen LogP contribution >= 0.6 is 0 Å². The molecule has 10 nitrogen and oxygen atoms in total. The minimum atomic E-state index is -1.43. The van der Waals surface area contributed by atoms with Gasteiger partial charge in [-0.2, -0.15) is 0 Å².